The zero-order valence-corrected chi connectivity index (χ0v) is 15.8. The molecule has 0 unspecified atom stereocenters. The van der Waals surface area contributed by atoms with E-state index >= 15 is 0 Å². The summed E-state index contributed by atoms with van der Waals surface area (Å²) in [4.78, 5) is 11.0. The molecule has 0 atom stereocenters. The number of benzene rings is 2. The van der Waals surface area contributed by atoms with Crippen molar-refractivity contribution in [3.05, 3.63) is 59.2 Å². The third-order valence-electron chi connectivity index (χ3n) is 3.52. The monoisotopic (exact) mass is 346 g/mol. The second-order valence-electron chi connectivity index (χ2n) is 5.16. The summed E-state index contributed by atoms with van der Waals surface area (Å²) in [5.74, 6) is 0.228. The van der Waals surface area contributed by atoms with Crippen molar-refractivity contribution in [3.8, 4) is 11.5 Å². The fourth-order valence-electron chi connectivity index (χ4n) is 2.34. The maximum Gasteiger partial charge on any atom is 0.131 e. The van der Waals surface area contributed by atoms with Crippen LogP contribution >= 0.6 is 0 Å². The van der Waals surface area contributed by atoms with Crippen LogP contribution in [0.1, 0.15) is 41.3 Å². The quantitative estimate of drug-likeness (QED) is 0.681. The third kappa shape index (κ3) is 3.95. The van der Waals surface area contributed by atoms with Gasteiger partial charge in [0.25, 0.3) is 0 Å². The van der Waals surface area contributed by atoms with Crippen molar-refractivity contribution in [1.29, 1.82) is 0 Å². The van der Waals surface area contributed by atoms with Crippen LogP contribution in [0.2, 0.25) is 5.02 Å². The Bertz CT molecular complexity index is 651. The van der Waals surface area contributed by atoms with Crippen molar-refractivity contribution in [1.82, 2.24) is 0 Å². The van der Waals surface area contributed by atoms with Crippen molar-refractivity contribution in [2.75, 3.05) is 0 Å². The van der Waals surface area contributed by atoms with Gasteiger partial charge in [-0.15, -0.1) is 0 Å². The molecule has 3 rings (SSSR count). The number of carboxylic acids is 1. The smallest absolute Gasteiger partial charge is 0.131 e. The van der Waals surface area contributed by atoms with Crippen molar-refractivity contribution in [3.63, 3.8) is 0 Å². The molecule has 1 aliphatic rings. The molecule has 3 nitrogen and oxygen atoms in total. The average Bonchev–Trinajstić information content (AvgIpc) is 2.53. The standard InChI is InChI=1S/C14H10O3.C4H9.Zn/c15-14(16)10-5-3-7-13-11(10)8-9-4-1-2-6-12(9)17-13;1-3-4-2;/h1-7H,8H2,(H,15,16);1,3-4H2,2H3;/q;;+1/p-1. The van der Waals surface area contributed by atoms with E-state index in [1.54, 1.807) is 18.2 Å². The molecule has 2 aromatic rings. The predicted octanol–water partition coefficient (Wildman–Crippen LogP) is 3.50. The van der Waals surface area contributed by atoms with E-state index in [0.717, 1.165) is 11.3 Å². The molecule has 110 valence electrons. The Labute approximate surface area is 141 Å². The van der Waals surface area contributed by atoms with Crippen LogP contribution in [0.5, 0.6) is 11.5 Å². The molecule has 0 saturated carbocycles. The molecule has 0 N–H and O–H groups in total. The Morgan fingerprint density at radius 1 is 1.18 bits per heavy atom. The van der Waals surface area contributed by atoms with Crippen molar-refractivity contribution < 1.29 is 32.9 Å². The fourth-order valence-corrected chi connectivity index (χ4v) is 3.39. The van der Waals surface area contributed by atoms with Crippen LogP contribution in [0.4, 0.5) is 0 Å². The van der Waals surface area contributed by atoms with Gasteiger partial charge in [0.15, 0.2) is 0 Å². The summed E-state index contributed by atoms with van der Waals surface area (Å²) in [7, 11) is 0. The minimum atomic E-state index is -1.16. The number of carboxylic acid groups (broad SMARTS) is 1. The first-order valence-electron chi connectivity index (χ1n) is 7.55. The number of aromatic carboxylic acids is 1. The van der Waals surface area contributed by atoms with Gasteiger partial charge in [-0.1, -0.05) is 30.3 Å². The summed E-state index contributed by atoms with van der Waals surface area (Å²) in [6, 6.07) is 12.6. The van der Waals surface area contributed by atoms with E-state index in [1.165, 1.54) is 36.2 Å². The summed E-state index contributed by atoms with van der Waals surface area (Å²) < 4.78 is 5.68. The second-order valence-corrected chi connectivity index (χ2v) is 6.65. The Kier molecular flexibility index (Phi) is 6.14. The van der Waals surface area contributed by atoms with Crippen LogP contribution in [0.15, 0.2) is 42.5 Å². The predicted molar refractivity (Wildman–Crippen MR) is 79.8 cm³/mol. The number of unbranched alkanes of at least 4 members (excludes halogenated alkanes) is 1. The Morgan fingerprint density at radius 3 is 2.55 bits per heavy atom. The molecule has 0 bridgehead atoms. The SMILES string of the molecule is CCC[CH2][Zn+].O=C([O-])c1cccc2c1Cc1ccccc1O2. The van der Waals surface area contributed by atoms with Gasteiger partial charge in [-0.25, -0.2) is 0 Å². The van der Waals surface area contributed by atoms with Crippen LogP contribution in [0.25, 0.3) is 0 Å². The molecule has 2 aromatic carbocycles. The minimum Gasteiger partial charge on any atom is -0.545 e. The van der Waals surface area contributed by atoms with E-state index < -0.39 is 5.97 Å². The van der Waals surface area contributed by atoms with Gasteiger partial charge in [-0.2, -0.15) is 0 Å². The second kappa shape index (κ2) is 8.09. The Morgan fingerprint density at radius 2 is 1.91 bits per heavy atom. The molecule has 0 radical (unpaired) electrons. The first-order chi connectivity index (χ1) is 10.7. The molecular formula is C18H18O3Zn. The number of fused-ring (bicyclic) bond motifs is 2. The van der Waals surface area contributed by atoms with Gasteiger partial charge in [-0.3, -0.25) is 0 Å². The van der Waals surface area contributed by atoms with Gasteiger partial charge in [-0.05, 0) is 17.7 Å². The number of carbonyl (C=O) groups is 1. The molecule has 0 spiro atoms. The minimum absolute atomic E-state index is 0.206. The number of para-hydroxylation sites is 1. The maximum absolute atomic E-state index is 11.0. The Hall–Kier alpha value is -1.67. The summed E-state index contributed by atoms with van der Waals surface area (Å²) in [5.41, 5.74) is 1.89. The molecule has 0 aliphatic carbocycles. The van der Waals surface area contributed by atoms with Gasteiger partial charge in [0.2, 0.25) is 0 Å². The van der Waals surface area contributed by atoms with Crippen LogP contribution < -0.4 is 9.84 Å². The summed E-state index contributed by atoms with van der Waals surface area (Å²) in [5, 5.41) is 12.5. The van der Waals surface area contributed by atoms with Crippen LogP contribution in [-0.2, 0) is 24.7 Å². The molecule has 0 amide bonds. The van der Waals surface area contributed by atoms with Gasteiger partial charge in [0.05, 0.1) is 5.97 Å². The molecular weight excluding hydrogens is 330 g/mol. The zero-order valence-electron chi connectivity index (χ0n) is 12.8. The molecule has 0 saturated heterocycles. The van der Waals surface area contributed by atoms with E-state index in [0.29, 0.717) is 17.7 Å². The maximum atomic E-state index is 11.0. The topological polar surface area (TPSA) is 49.4 Å². The van der Waals surface area contributed by atoms with Crippen LogP contribution in [-0.4, -0.2) is 5.97 Å². The van der Waals surface area contributed by atoms with E-state index in [2.05, 4.69) is 6.92 Å². The molecule has 1 heterocycles. The zero-order chi connectivity index (χ0) is 15.9. The first kappa shape index (κ1) is 16.7. The summed E-state index contributed by atoms with van der Waals surface area (Å²) in [6.07, 6.45) is 3.38. The number of hydrogen-bond acceptors (Lipinski definition) is 3. The van der Waals surface area contributed by atoms with E-state index in [9.17, 15) is 9.90 Å². The van der Waals surface area contributed by atoms with Crippen LogP contribution in [0.3, 0.4) is 0 Å². The number of hydrogen-bond donors (Lipinski definition) is 0. The summed E-state index contributed by atoms with van der Waals surface area (Å²) in [6.45, 7) is 2.23. The van der Waals surface area contributed by atoms with Gasteiger partial charge in [0, 0.05) is 17.5 Å². The number of carbonyl (C=O) groups excluding carboxylic acids is 1. The van der Waals surface area contributed by atoms with Crippen molar-refractivity contribution in [2.24, 2.45) is 0 Å². The van der Waals surface area contributed by atoms with Gasteiger partial charge >= 0.3 is 43.1 Å². The van der Waals surface area contributed by atoms with E-state index in [4.69, 9.17) is 4.74 Å². The largest absolute Gasteiger partial charge is 0.545 e. The normalized spacial score (nSPS) is 11.4. The fraction of sp³-hybridized carbons (Fsp3) is 0.278. The Balaban J connectivity index is 0.000000309. The molecule has 1 aliphatic heterocycles. The molecule has 0 fully saturated rings. The summed E-state index contributed by atoms with van der Waals surface area (Å²) >= 11 is 1.48. The van der Waals surface area contributed by atoms with Crippen LogP contribution in [0, 0.1) is 0 Å². The average molecular weight is 348 g/mol. The number of ether oxygens (including phenoxy) is 1. The first-order valence-corrected chi connectivity index (χ1v) is 9.65. The third-order valence-corrected chi connectivity index (χ3v) is 4.57. The van der Waals surface area contributed by atoms with Crippen molar-refractivity contribution in [2.45, 2.75) is 31.2 Å². The van der Waals surface area contributed by atoms with E-state index in [-0.39, 0.29) is 5.56 Å². The number of rotatable bonds is 3. The molecule has 22 heavy (non-hydrogen) atoms. The molecule has 4 heteroatoms. The van der Waals surface area contributed by atoms with E-state index in [1.807, 2.05) is 24.3 Å². The van der Waals surface area contributed by atoms with Gasteiger partial charge in [0.1, 0.15) is 11.5 Å². The van der Waals surface area contributed by atoms with Crippen molar-refractivity contribution >= 4 is 5.97 Å². The molecule has 0 aromatic heterocycles. The van der Waals surface area contributed by atoms with Gasteiger partial charge < -0.3 is 14.6 Å².